The summed E-state index contributed by atoms with van der Waals surface area (Å²) in [5.41, 5.74) is 0.590. The van der Waals surface area contributed by atoms with Crippen LogP contribution in [0.4, 0.5) is 4.39 Å². The van der Waals surface area contributed by atoms with Gasteiger partial charge in [0.25, 0.3) is 0 Å². The molecule has 0 bridgehead atoms. The highest BCUT2D eigenvalue weighted by Crippen LogP contribution is 2.27. The number of halogens is 1. The van der Waals surface area contributed by atoms with Gasteiger partial charge < -0.3 is 15.0 Å². The van der Waals surface area contributed by atoms with Crippen LogP contribution in [0.1, 0.15) is 32.4 Å². The van der Waals surface area contributed by atoms with Gasteiger partial charge in [-0.15, -0.1) is 0 Å². The fourth-order valence-corrected chi connectivity index (χ4v) is 1.78. The van der Waals surface area contributed by atoms with Crippen LogP contribution in [-0.2, 0) is 0 Å². The predicted molar refractivity (Wildman–Crippen MR) is 77.1 cm³/mol. The van der Waals surface area contributed by atoms with E-state index in [2.05, 4.69) is 24.1 Å². The number of likely N-dealkylation sites (N-methyl/N-ethyl adjacent to an activating group) is 1. The first-order valence-corrected chi connectivity index (χ1v) is 6.53. The van der Waals surface area contributed by atoms with Gasteiger partial charge in [0.15, 0.2) is 0 Å². The summed E-state index contributed by atoms with van der Waals surface area (Å²) in [6.45, 7) is 7.00. The van der Waals surface area contributed by atoms with Gasteiger partial charge in [0, 0.05) is 23.7 Å². The van der Waals surface area contributed by atoms with Gasteiger partial charge in [0.05, 0.1) is 7.11 Å². The van der Waals surface area contributed by atoms with Crippen LogP contribution >= 0.6 is 0 Å². The summed E-state index contributed by atoms with van der Waals surface area (Å²) in [6, 6.07) is 4.81. The Labute approximate surface area is 115 Å². The molecule has 0 aliphatic rings. The average molecular weight is 268 g/mol. The monoisotopic (exact) mass is 268 g/mol. The molecule has 0 aliphatic carbocycles. The first kappa shape index (κ1) is 15.9. The zero-order valence-corrected chi connectivity index (χ0v) is 12.7. The number of hydrogen-bond donors (Lipinski definition) is 1. The van der Waals surface area contributed by atoms with E-state index in [1.54, 1.807) is 19.2 Å². The Balaban J connectivity index is 2.82. The maximum atomic E-state index is 13.9. The molecular formula is C15H25FN2O. The second kappa shape index (κ2) is 6.35. The van der Waals surface area contributed by atoms with Crippen molar-refractivity contribution in [2.24, 2.45) is 0 Å². The maximum Gasteiger partial charge on any atom is 0.131 e. The van der Waals surface area contributed by atoms with E-state index in [4.69, 9.17) is 4.74 Å². The molecule has 3 nitrogen and oxygen atoms in total. The molecule has 1 rings (SSSR count). The van der Waals surface area contributed by atoms with Crippen molar-refractivity contribution in [1.82, 2.24) is 10.2 Å². The molecule has 1 aromatic carbocycles. The molecule has 0 aliphatic heterocycles. The number of nitrogens with one attached hydrogen (secondary N) is 1. The third-order valence-corrected chi connectivity index (χ3v) is 3.72. The highest BCUT2D eigenvalue weighted by molar-refractivity contribution is 5.36. The van der Waals surface area contributed by atoms with E-state index < -0.39 is 0 Å². The number of benzene rings is 1. The molecule has 0 radical (unpaired) electrons. The third-order valence-electron chi connectivity index (χ3n) is 3.72. The van der Waals surface area contributed by atoms with Crippen molar-refractivity contribution in [3.8, 4) is 5.75 Å². The topological polar surface area (TPSA) is 24.5 Å². The van der Waals surface area contributed by atoms with Gasteiger partial charge in [-0.2, -0.15) is 0 Å². The SMILES string of the molecule is COc1cccc(F)c1C(C)NCC(C)(C)N(C)C. The Bertz CT molecular complexity index is 419. The van der Waals surface area contributed by atoms with E-state index in [0.29, 0.717) is 11.3 Å². The molecule has 1 N–H and O–H groups in total. The minimum Gasteiger partial charge on any atom is -0.496 e. The largest absolute Gasteiger partial charge is 0.496 e. The first-order valence-electron chi connectivity index (χ1n) is 6.53. The van der Waals surface area contributed by atoms with Gasteiger partial charge in [0.1, 0.15) is 11.6 Å². The van der Waals surface area contributed by atoms with Crippen LogP contribution in [0.15, 0.2) is 18.2 Å². The molecule has 19 heavy (non-hydrogen) atoms. The smallest absolute Gasteiger partial charge is 0.131 e. The minimum atomic E-state index is -0.234. The number of methoxy groups -OCH3 is 1. The van der Waals surface area contributed by atoms with Gasteiger partial charge in [-0.05, 0) is 47.0 Å². The Morgan fingerprint density at radius 2 is 2.00 bits per heavy atom. The maximum absolute atomic E-state index is 13.9. The molecule has 0 fully saturated rings. The summed E-state index contributed by atoms with van der Waals surface area (Å²) in [5.74, 6) is 0.352. The molecule has 0 aromatic heterocycles. The summed E-state index contributed by atoms with van der Waals surface area (Å²) >= 11 is 0. The van der Waals surface area contributed by atoms with Gasteiger partial charge in [-0.25, -0.2) is 4.39 Å². The number of rotatable bonds is 6. The molecule has 0 saturated carbocycles. The lowest BCUT2D eigenvalue weighted by molar-refractivity contribution is 0.185. The standard InChI is InChI=1S/C15H25FN2O/c1-11(17-10-15(2,3)18(4)5)14-12(16)8-7-9-13(14)19-6/h7-9,11,17H,10H2,1-6H3. The van der Waals surface area contributed by atoms with E-state index >= 15 is 0 Å². The molecule has 108 valence electrons. The van der Waals surface area contributed by atoms with Crippen molar-refractivity contribution in [2.45, 2.75) is 32.4 Å². The van der Waals surface area contributed by atoms with Crippen molar-refractivity contribution in [3.05, 3.63) is 29.6 Å². The molecule has 0 saturated heterocycles. The van der Waals surface area contributed by atoms with Crippen molar-refractivity contribution in [2.75, 3.05) is 27.7 Å². The van der Waals surface area contributed by atoms with Crippen molar-refractivity contribution in [1.29, 1.82) is 0 Å². The molecule has 0 spiro atoms. The highest BCUT2D eigenvalue weighted by Gasteiger charge is 2.23. The lowest BCUT2D eigenvalue weighted by Gasteiger charge is -2.34. The van der Waals surface area contributed by atoms with Crippen LogP contribution in [0.5, 0.6) is 5.75 Å². The Kier molecular flexibility index (Phi) is 5.32. The van der Waals surface area contributed by atoms with E-state index in [0.717, 1.165) is 6.54 Å². The van der Waals surface area contributed by atoms with Gasteiger partial charge in [-0.3, -0.25) is 0 Å². The van der Waals surface area contributed by atoms with E-state index in [1.165, 1.54) is 6.07 Å². The van der Waals surface area contributed by atoms with Gasteiger partial charge in [0.2, 0.25) is 0 Å². The fourth-order valence-electron chi connectivity index (χ4n) is 1.78. The molecular weight excluding hydrogens is 243 g/mol. The molecule has 0 heterocycles. The molecule has 1 atom stereocenters. The minimum absolute atomic E-state index is 0.00670. The summed E-state index contributed by atoms with van der Waals surface area (Å²) < 4.78 is 19.2. The van der Waals surface area contributed by atoms with E-state index in [-0.39, 0.29) is 17.4 Å². The van der Waals surface area contributed by atoms with Crippen LogP contribution in [0.2, 0.25) is 0 Å². The molecule has 0 amide bonds. The number of nitrogens with zero attached hydrogens (tertiary/aromatic N) is 1. The van der Waals surface area contributed by atoms with Gasteiger partial charge in [-0.1, -0.05) is 6.07 Å². The first-order chi connectivity index (χ1) is 8.79. The van der Waals surface area contributed by atoms with Crippen molar-refractivity contribution in [3.63, 3.8) is 0 Å². The van der Waals surface area contributed by atoms with Gasteiger partial charge >= 0.3 is 0 Å². The Morgan fingerprint density at radius 3 is 2.53 bits per heavy atom. The summed E-state index contributed by atoms with van der Waals surface area (Å²) in [4.78, 5) is 2.14. The predicted octanol–water partition coefficient (Wildman–Crippen LogP) is 2.83. The molecule has 1 unspecified atom stereocenters. The summed E-state index contributed by atoms with van der Waals surface area (Å²) in [6.07, 6.45) is 0. The second-order valence-corrected chi connectivity index (χ2v) is 5.67. The van der Waals surface area contributed by atoms with Crippen LogP contribution in [0, 0.1) is 5.82 Å². The summed E-state index contributed by atoms with van der Waals surface area (Å²) in [7, 11) is 5.64. The van der Waals surface area contributed by atoms with Crippen LogP contribution in [0.25, 0.3) is 0 Å². The zero-order valence-electron chi connectivity index (χ0n) is 12.7. The molecule has 4 heteroatoms. The normalized spacial score (nSPS) is 13.7. The van der Waals surface area contributed by atoms with Crippen LogP contribution in [-0.4, -0.2) is 38.2 Å². The quantitative estimate of drug-likeness (QED) is 0.858. The van der Waals surface area contributed by atoms with E-state index in [1.807, 2.05) is 21.0 Å². The van der Waals surface area contributed by atoms with Crippen LogP contribution in [0.3, 0.4) is 0 Å². The van der Waals surface area contributed by atoms with E-state index in [9.17, 15) is 4.39 Å². The fraction of sp³-hybridized carbons (Fsp3) is 0.600. The summed E-state index contributed by atoms with van der Waals surface area (Å²) in [5, 5.41) is 3.37. The molecule has 1 aromatic rings. The third kappa shape index (κ3) is 3.91. The highest BCUT2D eigenvalue weighted by atomic mass is 19.1. The van der Waals surface area contributed by atoms with Crippen molar-refractivity contribution >= 4 is 0 Å². The Hall–Kier alpha value is -1.13. The Morgan fingerprint density at radius 1 is 1.37 bits per heavy atom. The lowest BCUT2D eigenvalue weighted by atomic mass is 10.0. The second-order valence-electron chi connectivity index (χ2n) is 5.67. The number of ether oxygens (including phenoxy) is 1. The van der Waals surface area contributed by atoms with Crippen LogP contribution < -0.4 is 10.1 Å². The van der Waals surface area contributed by atoms with Crippen molar-refractivity contribution < 1.29 is 9.13 Å². The number of hydrogen-bond acceptors (Lipinski definition) is 3. The average Bonchev–Trinajstić information content (AvgIpc) is 2.35. The zero-order chi connectivity index (χ0) is 14.6. The lowest BCUT2D eigenvalue weighted by Crippen LogP contribution is -2.47.